The van der Waals surface area contributed by atoms with Gasteiger partial charge in [-0.3, -0.25) is 4.79 Å². The lowest BCUT2D eigenvalue weighted by atomic mass is 9.80. The van der Waals surface area contributed by atoms with Crippen molar-refractivity contribution in [2.24, 2.45) is 5.92 Å². The Morgan fingerprint density at radius 2 is 1.91 bits per heavy atom. The number of benzene rings is 2. The number of piperazine rings is 1. The fourth-order valence-corrected chi connectivity index (χ4v) is 7.48. The lowest BCUT2D eigenvalue weighted by Crippen LogP contribution is -2.55. The molecule has 2 fully saturated rings. The first-order chi connectivity index (χ1) is 22.7. The number of amides is 1. The zero-order valence-electron chi connectivity index (χ0n) is 28.6. The van der Waals surface area contributed by atoms with Crippen LogP contribution in [0.5, 0.6) is 6.01 Å². The van der Waals surface area contributed by atoms with Gasteiger partial charge in [0.1, 0.15) is 5.82 Å². The zero-order valence-corrected chi connectivity index (χ0v) is 28.6. The second-order valence-electron chi connectivity index (χ2n) is 13.9. The zero-order chi connectivity index (χ0) is 33.2. The number of aromatic nitrogens is 2. The number of aryl methyl sites for hydroxylation is 1. The highest BCUT2D eigenvalue weighted by Crippen LogP contribution is 2.38. The van der Waals surface area contributed by atoms with Crippen LogP contribution in [0, 0.1) is 24.2 Å². The molecular weight excluding hydrogens is 588 g/mol. The van der Waals surface area contributed by atoms with E-state index < -0.39 is 0 Å². The van der Waals surface area contributed by atoms with Gasteiger partial charge in [-0.05, 0) is 89.0 Å². The Balaban J connectivity index is 1.33. The largest absolute Gasteiger partial charge is 0.463 e. The van der Waals surface area contributed by atoms with E-state index in [-0.39, 0.29) is 18.4 Å². The summed E-state index contributed by atoms with van der Waals surface area (Å²) in [5, 5.41) is 12.2. The minimum Gasteiger partial charge on any atom is -0.463 e. The second kappa shape index (κ2) is 13.9. The Labute approximate surface area is 279 Å². The molecule has 2 aromatic carbocycles. The molecule has 0 unspecified atom stereocenters. The minimum atomic E-state index is -0.234. The van der Waals surface area contributed by atoms with Crippen molar-refractivity contribution in [3.05, 3.63) is 65.4 Å². The van der Waals surface area contributed by atoms with E-state index in [1.165, 1.54) is 33.7 Å². The monoisotopic (exact) mass is 636 g/mol. The molecule has 1 saturated carbocycles. The van der Waals surface area contributed by atoms with Crippen molar-refractivity contribution in [1.82, 2.24) is 24.7 Å². The number of nitrogens with zero attached hydrogens (tertiary/aromatic N) is 8. The summed E-state index contributed by atoms with van der Waals surface area (Å²) in [6.45, 7) is 10.5. The molecule has 1 saturated heterocycles. The molecule has 10 heteroatoms. The van der Waals surface area contributed by atoms with Gasteiger partial charge >= 0.3 is 6.01 Å². The van der Waals surface area contributed by atoms with Crippen molar-refractivity contribution in [2.45, 2.75) is 57.8 Å². The Kier molecular flexibility index (Phi) is 9.67. The number of hydrogen-bond acceptors (Lipinski definition) is 9. The molecule has 47 heavy (non-hydrogen) atoms. The van der Waals surface area contributed by atoms with E-state index in [1.54, 1.807) is 4.90 Å². The maximum absolute atomic E-state index is 12.6. The molecule has 2 aliphatic heterocycles. The van der Waals surface area contributed by atoms with E-state index in [0.29, 0.717) is 50.8 Å². The van der Waals surface area contributed by atoms with Crippen LogP contribution in [0.2, 0.25) is 0 Å². The van der Waals surface area contributed by atoms with Crippen LogP contribution in [0.1, 0.15) is 41.6 Å². The van der Waals surface area contributed by atoms with Gasteiger partial charge in [-0.2, -0.15) is 15.2 Å². The highest BCUT2D eigenvalue weighted by atomic mass is 16.5. The maximum atomic E-state index is 12.6. The Morgan fingerprint density at radius 1 is 1.11 bits per heavy atom. The maximum Gasteiger partial charge on any atom is 0.318 e. The first-order valence-electron chi connectivity index (χ1n) is 16.8. The second-order valence-corrected chi connectivity index (χ2v) is 13.9. The van der Waals surface area contributed by atoms with Crippen LogP contribution >= 0.6 is 0 Å². The van der Waals surface area contributed by atoms with E-state index in [0.717, 1.165) is 49.4 Å². The van der Waals surface area contributed by atoms with Crippen molar-refractivity contribution in [1.29, 1.82) is 5.26 Å². The molecule has 248 valence electrons. The van der Waals surface area contributed by atoms with Gasteiger partial charge in [-0.25, -0.2) is 0 Å². The molecule has 0 N–H and O–H groups in total. The van der Waals surface area contributed by atoms with Crippen molar-refractivity contribution in [3.8, 4) is 12.1 Å². The molecule has 6 rings (SSSR count). The number of ether oxygens (including phenoxy) is 1. The van der Waals surface area contributed by atoms with Gasteiger partial charge in [0.15, 0.2) is 0 Å². The smallest absolute Gasteiger partial charge is 0.318 e. The van der Waals surface area contributed by atoms with E-state index in [4.69, 9.17) is 14.7 Å². The lowest BCUT2D eigenvalue weighted by Gasteiger charge is -2.42. The van der Waals surface area contributed by atoms with E-state index >= 15 is 0 Å². The van der Waals surface area contributed by atoms with Crippen molar-refractivity contribution < 1.29 is 9.53 Å². The fraction of sp³-hybridized carbons (Fsp3) is 0.514. The number of fused-ring (bicyclic) bond motifs is 2. The van der Waals surface area contributed by atoms with Crippen LogP contribution in [-0.4, -0.2) is 104 Å². The minimum absolute atomic E-state index is 0.134. The summed E-state index contributed by atoms with van der Waals surface area (Å²) < 4.78 is 6.35. The standard InChI is InChI=1S/C37H48N8O2/c1-7-34(46)45-18-17-44(22-28(45)13-15-38)36-31-14-16-43(23-32(31)39-37(40-36)47-24-26-19-29(20-26)42(5)6)33-12-11-27(21-41(3)4)30-10-8-9-25(2)35(30)33/h7-12,26,28-29H,1,13-14,16-24H2,2-6H3/t26-,28-,29-/m0/s1. The van der Waals surface area contributed by atoms with Crippen molar-refractivity contribution in [2.75, 3.05) is 70.8 Å². The van der Waals surface area contributed by atoms with E-state index in [1.807, 2.05) is 0 Å². The Bertz CT molecular complexity index is 1680. The van der Waals surface area contributed by atoms with Crippen molar-refractivity contribution in [3.63, 3.8) is 0 Å². The van der Waals surface area contributed by atoms with E-state index in [9.17, 15) is 10.1 Å². The van der Waals surface area contributed by atoms with Gasteiger partial charge in [0, 0.05) is 55.4 Å². The van der Waals surface area contributed by atoms with Gasteiger partial charge < -0.3 is 29.2 Å². The van der Waals surface area contributed by atoms with Crippen molar-refractivity contribution >= 4 is 28.2 Å². The average Bonchev–Trinajstić information content (AvgIpc) is 3.03. The molecule has 1 aliphatic carbocycles. The van der Waals surface area contributed by atoms with Crippen LogP contribution < -0.4 is 14.5 Å². The van der Waals surface area contributed by atoms with Crippen LogP contribution in [0.4, 0.5) is 11.5 Å². The fourth-order valence-electron chi connectivity index (χ4n) is 7.48. The number of nitriles is 1. The predicted molar refractivity (Wildman–Crippen MR) is 187 cm³/mol. The molecule has 10 nitrogen and oxygen atoms in total. The molecule has 3 aromatic rings. The molecule has 0 bridgehead atoms. The number of anilines is 2. The molecule has 3 heterocycles. The van der Waals surface area contributed by atoms with Gasteiger partial charge in [-0.1, -0.05) is 30.8 Å². The van der Waals surface area contributed by atoms with Gasteiger partial charge in [0.05, 0.1) is 37.4 Å². The topological polar surface area (TPSA) is 92.1 Å². The van der Waals surface area contributed by atoms with Crippen LogP contribution in [0.3, 0.4) is 0 Å². The molecule has 3 aliphatic rings. The van der Waals surface area contributed by atoms with Gasteiger partial charge in [-0.15, -0.1) is 0 Å². The van der Waals surface area contributed by atoms with Crippen LogP contribution in [0.15, 0.2) is 43.0 Å². The summed E-state index contributed by atoms with van der Waals surface area (Å²) in [7, 11) is 8.49. The number of rotatable bonds is 10. The summed E-state index contributed by atoms with van der Waals surface area (Å²) >= 11 is 0. The van der Waals surface area contributed by atoms with Gasteiger partial charge in [0.2, 0.25) is 5.91 Å². The molecule has 0 radical (unpaired) electrons. The SMILES string of the molecule is C=CC(=O)N1CCN(c2nc(OC[C@H]3C[C@H](N(C)C)C3)nc3c2CCN(c2ccc(CN(C)C)c4cccc(C)c24)C3)C[C@@H]1CC#N. The normalized spacial score (nSPS) is 21.1. The first-order valence-corrected chi connectivity index (χ1v) is 16.8. The molecule has 1 amide bonds. The third kappa shape index (κ3) is 6.78. The number of hydrogen-bond donors (Lipinski definition) is 0. The van der Waals surface area contributed by atoms with Gasteiger partial charge in [0.25, 0.3) is 0 Å². The highest BCUT2D eigenvalue weighted by molar-refractivity contribution is 5.99. The first kappa shape index (κ1) is 32.7. The molecule has 1 aromatic heterocycles. The lowest BCUT2D eigenvalue weighted by molar-refractivity contribution is -0.128. The molecule has 0 spiro atoms. The Hall–Kier alpha value is -4.20. The summed E-state index contributed by atoms with van der Waals surface area (Å²) in [5.74, 6) is 1.23. The van der Waals surface area contributed by atoms with Crippen LogP contribution in [-0.2, 0) is 24.3 Å². The molecular formula is C37H48N8O2. The van der Waals surface area contributed by atoms with E-state index in [2.05, 4.69) is 97.7 Å². The Morgan fingerprint density at radius 3 is 2.64 bits per heavy atom. The third-order valence-electron chi connectivity index (χ3n) is 10.1. The summed E-state index contributed by atoms with van der Waals surface area (Å²) in [4.78, 5) is 33.6. The quantitative estimate of drug-likeness (QED) is 0.301. The predicted octanol–water partition coefficient (Wildman–Crippen LogP) is 4.40. The average molecular weight is 637 g/mol. The molecule has 1 atom stereocenters. The summed E-state index contributed by atoms with van der Waals surface area (Å²) in [6.07, 6.45) is 4.62. The summed E-state index contributed by atoms with van der Waals surface area (Å²) in [5.41, 5.74) is 5.93. The summed E-state index contributed by atoms with van der Waals surface area (Å²) in [6, 6.07) is 14.2. The number of carbonyl (C=O) groups is 1. The number of carbonyl (C=O) groups excluding carboxylic acids is 1. The van der Waals surface area contributed by atoms with Crippen LogP contribution in [0.25, 0.3) is 10.8 Å². The highest BCUT2D eigenvalue weighted by Gasteiger charge is 2.35. The third-order valence-corrected chi connectivity index (χ3v) is 10.1.